The fourth-order valence-electron chi connectivity index (χ4n) is 2.14. The van der Waals surface area contributed by atoms with E-state index >= 15 is 0 Å². The van der Waals surface area contributed by atoms with Crippen molar-refractivity contribution in [3.8, 4) is 11.2 Å². The summed E-state index contributed by atoms with van der Waals surface area (Å²) in [7, 11) is 0. The molecule has 0 saturated heterocycles. The van der Waals surface area contributed by atoms with Crippen LogP contribution in [0.1, 0.15) is 34.0 Å². The van der Waals surface area contributed by atoms with Crippen molar-refractivity contribution in [1.29, 1.82) is 5.26 Å². The van der Waals surface area contributed by atoms with Crippen LogP contribution < -0.4 is 5.32 Å². The minimum atomic E-state index is -0.429. The Kier molecular flexibility index (Phi) is 5.13. The number of nitriles is 1. The van der Waals surface area contributed by atoms with Gasteiger partial charge in [0.2, 0.25) is 5.13 Å². The number of rotatable bonds is 4. The van der Waals surface area contributed by atoms with Gasteiger partial charge in [0.1, 0.15) is 17.3 Å². The number of carbonyl (C=O) groups is 1. The van der Waals surface area contributed by atoms with E-state index in [9.17, 15) is 4.79 Å². The van der Waals surface area contributed by atoms with E-state index in [-0.39, 0.29) is 5.91 Å². The van der Waals surface area contributed by atoms with Crippen LogP contribution in [0.4, 0.5) is 0 Å². The molecule has 0 saturated carbocycles. The SMILES string of the molecule is C[C@H](NC(=O)c1cc(Cl)cc(Br)c1)c1ncnn1-c1ncc(C#N)s1. The summed E-state index contributed by atoms with van der Waals surface area (Å²) in [6.07, 6.45) is 2.85. The highest BCUT2D eigenvalue weighted by Gasteiger charge is 2.19. The quantitative estimate of drug-likeness (QED) is 0.674. The Bertz CT molecular complexity index is 958. The molecule has 10 heteroatoms. The van der Waals surface area contributed by atoms with Crippen LogP contribution in [0.2, 0.25) is 5.02 Å². The lowest BCUT2D eigenvalue weighted by Crippen LogP contribution is -2.28. The molecule has 25 heavy (non-hydrogen) atoms. The zero-order chi connectivity index (χ0) is 18.0. The van der Waals surface area contributed by atoms with E-state index in [1.54, 1.807) is 25.1 Å². The van der Waals surface area contributed by atoms with Gasteiger partial charge in [-0.25, -0.2) is 9.97 Å². The minimum Gasteiger partial charge on any atom is -0.342 e. The first kappa shape index (κ1) is 17.5. The maximum Gasteiger partial charge on any atom is 0.251 e. The second-order valence-corrected chi connectivity index (χ2v) is 7.36. The van der Waals surface area contributed by atoms with Crippen LogP contribution in [0, 0.1) is 11.3 Å². The van der Waals surface area contributed by atoms with Gasteiger partial charge < -0.3 is 5.32 Å². The zero-order valence-electron chi connectivity index (χ0n) is 12.8. The van der Waals surface area contributed by atoms with Crippen LogP contribution in [0.3, 0.4) is 0 Å². The standard InChI is InChI=1S/C15H10BrClN6OS/c1-8(22-14(24)9-2-10(16)4-11(17)3-9)13-20-7-21-23(13)15-19-6-12(5-18)25-15/h2-4,6-8H,1H3,(H,22,24)/t8-/m0/s1. The molecule has 126 valence electrons. The Labute approximate surface area is 160 Å². The number of hydrogen-bond donors (Lipinski definition) is 1. The summed E-state index contributed by atoms with van der Waals surface area (Å²) < 4.78 is 2.22. The second kappa shape index (κ2) is 7.31. The lowest BCUT2D eigenvalue weighted by atomic mass is 10.2. The molecule has 2 aromatic heterocycles. The summed E-state index contributed by atoms with van der Waals surface area (Å²) >= 11 is 10.5. The third kappa shape index (κ3) is 3.87. The molecule has 0 aliphatic rings. The van der Waals surface area contributed by atoms with Crippen molar-refractivity contribution in [3.63, 3.8) is 0 Å². The number of benzene rings is 1. The highest BCUT2D eigenvalue weighted by molar-refractivity contribution is 9.10. The van der Waals surface area contributed by atoms with E-state index < -0.39 is 6.04 Å². The summed E-state index contributed by atoms with van der Waals surface area (Å²) in [4.78, 5) is 21.3. The zero-order valence-corrected chi connectivity index (χ0v) is 15.9. The third-order valence-corrected chi connectivity index (χ3v) is 4.77. The fraction of sp³-hybridized carbons (Fsp3) is 0.133. The van der Waals surface area contributed by atoms with E-state index in [0.29, 0.717) is 30.9 Å². The molecule has 1 aromatic carbocycles. The molecule has 0 bridgehead atoms. The number of nitrogens with zero attached hydrogens (tertiary/aromatic N) is 5. The molecule has 0 fully saturated rings. The predicted molar refractivity (Wildman–Crippen MR) is 96.8 cm³/mol. The Morgan fingerprint density at radius 1 is 1.44 bits per heavy atom. The lowest BCUT2D eigenvalue weighted by molar-refractivity contribution is 0.0938. The number of hydrogen-bond acceptors (Lipinski definition) is 6. The van der Waals surface area contributed by atoms with Crippen molar-refractivity contribution in [3.05, 3.63) is 56.5 Å². The largest absolute Gasteiger partial charge is 0.342 e. The van der Waals surface area contributed by atoms with E-state index in [1.165, 1.54) is 28.5 Å². The maximum absolute atomic E-state index is 12.4. The smallest absolute Gasteiger partial charge is 0.251 e. The lowest BCUT2D eigenvalue weighted by Gasteiger charge is -2.14. The molecule has 2 heterocycles. The van der Waals surface area contributed by atoms with Gasteiger partial charge in [-0.05, 0) is 25.1 Å². The van der Waals surface area contributed by atoms with Gasteiger partial charge in [0.15, 0.2) is 5.82 Å². The normalized spacial score (nSPS) is 11.8. The number of thiazole rings is 1. The molecule has 1 amide bonds. The van der Waals surface area contributed by atoms with E-state index in [4.69, 9.17) is 16.9 Å². The van der Waals surface area contributed by atoms with Gasteiger partial charge in [-0.1, -0.05) is 38.9 Å². The number of nitrogens with one attached hydrogen (secondary N) is 1. The van der Waals surface area contributed by atoms with Crippen molar-refractivity contribution in [2.45, 2.75) is 13.0 Å². The molecule has 0 spiro atoms. The molecule has 1 atom stereocenters. The van der Waals surface area contributed by atoms with Gasteiger partial charge in [-0.15, -0.1) is 0 Å². The van der Waals surface area contributed by atoms with Crippen molar-refractivity contribution >= 4 is 44.8 Å². The van der Waals surface area contributed by atoms with Crippen LogP contribution in [0.15, 0.2) is 35.2 Å². The minimum absolute atomic E-state index is 0.290. The Morgan fingerprint density at radius 3 is 2.92 bits per heavy atom. The van der Waals surface area contributed by atoms with Gasteiger partial charge in [0.05, 0.1) is 12.2 Å². The number of amides is 1. The second-order valence-electron chi connectivity index (χ2n) is 5.00. The molecular formula is C15H10BrClN6OS. The van der Waals surface area contributed by atoms with Gasteiger partial charge in [-0.2, -0.15) is 15.0 Å². The van der Waals surface area contributed by atoms with Gasteiger partial charge in [-0.3, -0.25) is 4.79 Å². The predicted octanol–water partition coefficient (Wildman–Crippen LogP) is 3.50. The van der Waals surface area contributed by atoms with Crippen LogP contribution in [0.5, 0.6) is 0 Å². The first-order chi connectivity index (χ1) is 12.0. The number of carbonyl (C=O) groups excluding carboxylic acids is 1. The summed E-state index contributed by atoms with van der Waals surface area (Å²) in [5.74, 6) is 0.218. The molecule has 7 nitrogen and oxygen atoms in total. The molecule has 3 rings (SSSR count). The summed E-state index contributed by atoms with van der Waals surface area (Å²) in [6, 6.07) is 6.57. The monoisotopic (exact) mass is 436 g/mol. The fourth-order valence-corrected chi connectivity index (χ4v) is 3.68. The van der Waals surface area contributed by atoms with Crippen molar-refractivity contribution in [2.75, 3.05) is 0 Å². The summed E-state index contributed by atoms with van der Waals surface area (Å²) in [5.41, 5.74) is 0.429. The molecule has 0 aliphatic carbocycles. The van der Waals surface area contributed by atoms with Gasteiger partial charge in [0, 0.05) is 15.1 Å². The average Bonchev–Trinajstić information content (AvgIpc) is 3.22. The first-order valence-electron chi connectivity index (χ1n) is 7.01. The third-order valence-electron chi connectivity index (χ3n) is 3.22. The van der Waals surface area contributed by atoms with E-state index in [2.05, 4.69) is 36.3 Å². The number of aromatic nitrogens is 4. The Hall–Kier alpha value is -2.28. The van der Waals surface area contributed by atoms with Crippen molar-refractivity contribution in [2.24, 2.45) is 0 Å². The van der Waals surface area contributed by atoms with Crippen LogP contribution in [-0.2, 0) is 0 Å². The molecule has 0 unspecified atom stereocenters. The number of halogens is 2. The topological polar surface area (TPSA) is 96.5 Å². The van der Waals surface area contributed by atoms with Gasteiger partial charge >= 0.3 is 0 Å². The first-order valence-corrected chi connectivity index (χ1v) is 9.00. The average molecular weight is 438 g/mol. The Balaban J connectivity index is 1.82. The van der Waals surface area contributed by atoms with Crippen LogP contribution in [0.25, 0.3) is 5.13 Å². The summed E-state index contributed by atoms with van der Waals surface area (Å²) in [6.45, 7) is 1.79. The van der Waals surface area contributed by atoms with Crippen LogP contribution >= 0.6 is 38.9 Å². The van der Waals surface area contributed by atoms with E-state index in [0.717, 1.165) is 0 Å². The summed E-state index contributed by atoms with van der Waals surface area (Å²) in [5, 5.41) is 16.9. The highest BCUT2D eigenvalue weighted by atomic mass is 79.9. The molecule has 0 radical (unpaired) electrons. The van der Waals surface area contributed by atoms with E-state index in [1.807, 2.05) is 6.07 Å². The Morgan fingerprint density at radius 2 is 2.24 bits per heavy atom. The highest BCUT2D eigenvalue weighted by Crippen LogP contribution is 2.22. The molecule has 1 N–H and O–H groups in total. The van der Waals surface area contributed by atoms with Crippen molar-refractivity contribution in [1.82, 2.24) is 25.1 Å². The molecular weight excluding hydrogens is 428 g/mol. The van der Waals surface area contributed by atoms with Crippen molar-refractivity contribution < 1.29 is 4.79 Å². The van der Waals surface area contributed by atoms with Gasteiger partial charge in [0.25, 0.3) is 5.91 Å². The molecule has 3 aromatic rings. The maximum atomic E-state index is 12.4. The molecule has 0 aliphatic heterocycles. The van der Waals surface area contributed by atoms with Crippen LogP contribution in [-0.4, -0.2) is 25.7 Å².